The summed E-state index contributed by atoms with van der Waals surface area (Å²) in [6, 6.07) is 26.0. The molecule has 5 rings (SSSR count). The van der Waals surface area contributed by atoms with E-state index in [4.69, 9.17) is 4.98 Å². The normalized spacial score (nSPS) is 14.1. The van der Waals surface area contributed by atoms with Gasteiger partial charge in [-0.3, -0.25) is 14.5 Å². The van der Waals surface area contributed by atoms with Crippen LogP contribution in [0, 0.1) is 6.92 Å². The van der Waals surface area contributed by atoms with Crippen LogP contribution in [0.5, 0.6) is 0 Å². The number of aromatic nitrogens is 1. The number of hydrogen-bond acceptors (Lipinski definition) is 4. The number of amides is 2. The van der Waals surface area contributed by atoms with Crippen LogP contribution in [0.15, 0.2) is 78.9 Å². The number of rotatable bonds is 5. The average molecular weight is 479 g/mol. The molecule has 0 spiro atoms. The molecule has 1 fully saturated rings. The second-order valence-corrected chi connectivity index (χ2v) is 9.39. The first-order valence-corrected chi connectivity index (χ1v) is 12.3. The molecule has 0 bridgehead atoms. The van der Waals surface area contributed by atoms with E-state index in [1.54, 1.807) is 0 Å². The molecular weight excluding hydrogens is 448 g/mol. The molecule has 1 aliphatic heterocycles. The van der Waals surface area contributed by atoms with Crippen molar-refractivity contribution < 1.29 is 9.59 Å². The lowest BCUT2D eigenvalue weighted by atomic mass is 10.0. The number of pyridine rings is 1. The number of piperazine rings is 1. The van der Waals surface area contributed by atoms with Gasteiger partial charge in [0.2, 0.25) is 5.91 Å². The summed E-state index contributed by atoms with van der Waals surface area (Å²) in [5.74, 6) is -0.0674. The third-order valence-corrected chi connectivity index (χ3v) is 6.60. The standard InChI is InChI=1S/C30H30N4O2/c1-21-8-13-28-26(18-21)27(19-29(32-28)24-9-11-25(12-10-24)31-22(2)35)30(36)34-16-14-33(15-17-34)20-23-6-4-3-5-7-23/h3-13,18-19H,14-17,20H2,1-2H3,(H,31,35). The molecule has 0 unspecified atom stereocenters. The van der Waals surface area contributed by atoms with Crippen molar-refractivity contribution in [2.75, 3.05) is 31.5 Å². The minimum Gasteiger partial charge on any atom is -0.336 e. The second kappa shape index (κ2) is 10.3. The SMILES string of the molecule is CC(=O)Nc1ccc(-c2cc(C(=O)N3CCN(Cc4ccccc4)CC3)c3cc(C)ccc3n2)cc1. The predicted molar refractivity (Wildman–Crippen MR) is 144 cm³/mol. The number of anilines is 1. The molecule has 1 saturated heterocycles. The van der Waals surface area contributed by atoms with Crippen molar-refractivity contribution in [3.05, 3.63) is 95.6 Å². The molecule has 2 amide bonds. The molecule has 6 nitrogen and oxygen atoms in total. The van der Waals surface area contributed by atoms with E-state index in [9.17, 15) is 9.59 Å². The average Bonchev–Trinajstić information content (AvgIpc) is 2.89. The van der Waals surface area contributed by atoms with E-state index in [-0.39, 0.29) is 11.8 Å². The molecule has 0 saturated carbocycles. The third kappa shape index (κ3) is 5.29. The summed E-state index contributed by atoms with van der Waals surface area (Å²) in [6.07, 6.45) is 0. The van der Waals surface area contributed by atoms with Crippen molar-refractivity contribution in [2.24, 2.45) is 0 Å². The van der Waals surface area contributed by atoms with Crippen LogP contribution in [0.3, 0.4) is 0 Å². The summed E-state index contributed by atoms with van der Waals surface area (Å²) in [7, 11) is 0. The Kier molecular flexibility index (Phi) is 6.78. The van der Waals surface area contributed by atoms with Crippen molar-refractivity contribution in [3.8, 4) is 11.3 Å². The minimum atomic E-state index is -0.112. The number of aryl methyl sites for hydroxylation is 1. The van der Waals surface area contributed by atoms with Gasteiger partial charge < -0.3 is 10.2 Å². The lowest BCUT2D eigenvalue weighted by Crippen LogP contribution is -2.48. The van der Waals surface area contributed by atoms with Crippen molar-refractivity contribution >= 4 is 28.4 Å². The van der Waals surface area contributed by atoms with Crippen LogP contribution < -0.4 is 5.32 Å². The number of nitrogens with zero attached hydrogens (tertiary/aromatic N) is 3. The second-order valence-electron chi connectivity index (χ2n) is 9.39. The highest BCUT2D eigenvalue weighted by Gasteiger charge is 2.24. The predicted octanol–water partition coefficient (Wildman–Crippen LogP) is 5.13. The number of nitrogens with one attached hydrogen (secondary N) is 1. The monoisotopic (exact) mass is 478 g/mol. The molecule has 0 aliphatic carbocycles. The Hall–Kier alpha value is -4.03. The van der Waals surface area contributed by atoms with Crippen molar-refractivity contribution in [1.82, 2.24) is 14.8 Å². The zero-order chi connectivity index (χ0) is 25.1. The molecule has 0 atom stereocenters. The molecule has 6 heteroatoms. The smallest absolute Gasteiger partial charge is 0.254 e. The van der Waals surface area contributed by atoms with Gasteiger partial charge in [-0.1, -0.05) is 54.1 Å². The zero-order valence-electron chi connectivity index (χ0n) is 20.7. The van der Waals surface area contributed by atoms with Crippen LogP contribution in [-0.4, -0.2) is 52.8 Å². The maximum absolute atomic E-state index is 13.8. The molecule has 4 aromatic rings. The van der Waals surface area contributed by atoms with E-state index in [0.29, 0.717) is 18.7 Å². The summed E-state index contributed by atoms with van der Waals surface area (Å²) in [5, 5.41) is 3.67. The van der Waals surface area contributed by atoms with E-state index in [1.165, 1.54) is 12.5 Å². The molecule has 1 aliphatic rings. The van der Waals surface area contributed by atoms with Crippen LogP contribution in [0.2, 0.25) is 0 Å². The first-order valence-electron chi connectivity index (χ1n) is 12.3. The molecule has 1 N–H and O–H groups in total. The Morgan fingerprint density at radius 2 is 1.61 bits per heavy atom. The topological polar surface area (TPSA) is 65.5 Å². The van der Waals surface area contributed by atoms with Crippen LogP contribution >= 0.6 is 0 Å². The summed E-state index contributed by atoms with van der Waals surface area (Å²) < 4.78 is 0. The Morgan fingerprint density at radius 3 is 2.31 bits per heavy atom. The van der Waals surface area contributed by atoms with Crippen LogP contribution in [0.25, 0.3) is 22.2 Å². The van der Waals surface area contributed by atoms with Gasteiger partial charge in [0.15, 0.2) is 0 Å². The number of hydrogen-bond donors (Lipinski definition) is 1. The summed E-state index contributed by atoms with van der Waals surface area (Å²) >= 11 is 0. The van der Waals surface area contributed by atoms with Gasteiger partial charge in [0, 0.05) is 56.3 Å². The highest BCUT2D eigenvalue weighted by molar-refractivity contribution is 6.07. The Labute approximate surface area is 211 Å². The quantitative estimate of drug-likeness (QED) is 0.432. The van der Waals surface area contributed by atoms with E-state index in [1.807, 2.05) is 66.4 Å². The van der Waals surface area contributed by atoms with Crippen molar-refractivity contribution in [3.63, 3.8) is 0 Å². The van der Waals surface area contributed by atoms with Gasteiger partial charge in [-0.05, 0) is 42.8 Å². The molecular formula is C30H30N4O2. The third-order valence-electron chi connectivity index (χ3n) is 6.60. The zero-order valence-corrected chi connectivity index (χ0v) is 20.7. The first kappa shape index (κ1) is 23.7. The largest absolute Gasteiger partial charge is 0.336 e. The highest BCUT2D eigenvalue weighted by atomic mass is 16.2. The minimum absolute atomic E-state index is 0.0449. The van der Waals surface area contributed by atoms with E-state index in [2.05, 4.69) is 34.5 Å². The fraction of sp³-hybridized carbons (Fsp3) is 0.233. The van der Waals surface area contributed by atoms with E-state index >= 15 is 0 Å². The summed E-state index contributed by atoms with van der Waals surface area (Å²) in [4.78, 5) is 34.4. The highest BCUT2D eigenvalue weighted by Crippen LogP contribution is 2.28. The van der Waals surface area contributed by atoms with Gasteiger partial charge in [-0.2, -0.15) is 0 Å². The van der Waals surface area contributed by atoms with Gasteiger partial charge in [0.1, 0.15) is 0 Å². The van der Waals surface area contributed by atoms with Crippen LogP contribution in [0.1, 0.15) is 28.4 Å². The van der Waals surface area contributed by atoms with Gasteiger partial charge in [-0.15, -0.1) is 0 Å². The Balaban J connectivity index is 1.40. The molecule has 182 valence electrons. The molecule has 2 heterocycles. The molecule has 36 heavy (non-hydrogen) atoms. The fourth-order valence-corrected chi connectivity index (χ4v) is 4.71. The van der Waals surface area contributed by atoms with Crippen LogP contribution in [0.4, 0.5) is 5.69 Å². The lowest BCUT2D eigenvalue weighted by Gasteiger charge is -2.35. The maximum atomic E-state index is 13.8. The lowest BCUT2D eigenvalue weighted by molar-refractivity contribution is -0.114. The van der Waals surface area contributed by atoms with E-state index < -0.39 is 0 Å². The van der Waals surface area contributed by atoms with Gasteiger partial charge in [0.05, 0.1) is 16.8 Å². The molecule has 0 radical (unpaired) electrons. The molecule has 3 aromatic carbocycles. The van der Waals surface area contributed by atoms with Crippen molar-refractivity contribution in [1.29, 1.82) is 0 Å². The number of fused-ring (bicyclic) bond motifs is 1. The van der Waals surface area contributed by atoms with Gasteiger partial charge in [0.25, 0.3) is 5.91 Å². The Morgan fingerprint density at radius 1 is 0.889 bits per heavy atom. The Bertz CT molecular complexity index is 1390. The maximum Gasteiger partial charge on any atom is 0.254 e. The number of benzene rings is 3. The van der Waals surface area contributed by atoms with Gasteiger partial charge >= 0.3 is 0 Å². The first-order chi connectivity index (χ1) is 17.5. The fourth-order valence-electron chi connectivity index (χ4n) is 4.71. The number of carbonyl (C=O) groups excluding carboxylic acids is 2. The van der Waals surface area contributed by atoms with Crippen molar-refractivity contribution in [2.45, 2.75) is 20.4 Å². The molecule has 1 aromatic heterocycles. The van der Waals surface area contributed by atoms with Crippen LogP contribution in [-0.2, 0) is 11.3 Å². The van der Waals surface area contributed by atoms with E-state index in [0.717, 1.165) is 53.0 Å². The van der Waals surface area contributed by atoms with Gasteiger partial charge in [-0.25, -0.2) is 4.98 Å². The summed E-state index contributed by atoms with van der Waals surface area (Å²) in [6.45, 7) is 7.51. The summed E-state index contributed by atoms with van der Waals surface area (Å²) in [5.41, 5.74) is 6.24. The number of carbonyl (C=O) groups is 2.